The third kappa shape index (κ3) is 6.22. The van der Waals surface area contributed by atoms with Gasteiger partial charge in [-0.05, 0) is 24.3 Å². The third-order valence-electron chi connectivity index (χ3n) is 3.31. The molecular weight excluding hydrogens is 329 g/mol. The number of hydrogen-bond acceptors (Lipinski definition) is 7. The van der Waals surface area contributed by atoms with Crippen LogP contribution in [0.5, 0.6) is 0 Å². The molecule has 1 aliphatic rings. The zero-order valence-corrected chi connectivity index (χ0v) is 13.1. The molecule has 23 heavy (non-hydrogen) atoms. The molecule has 0 aliphatic carbocycles. The number of ether oxygens (including phenoxy) is 2. The first-order chi connectivity index (χ1) is 10.8. The fourth-order valence-corrected chi connectivity index (χ4v) is 2.86. The molecule has 128 valence electrons. The highest BCUT2D eigenvalue weighted by Gasteiger charge is 2.23. The zero-order chi connectivity index (χ0) is 16.9. The second kappa shape index (κ2) is 7.82. The van der Waals surface area contributed by atoms with Gasteiger partial charge in [-0.2, -0.15) is 0 Å². The summed E-state index contributed by atoms with van der Waals surface area (Å²) in [6.07, 6.45) is -1.09. The van der Waals surface area contributed by atoms with Crippen LogP contribution in [0.3, 0.4) is 0 Å². The van der Waals surface area contributed by atoms with Crippen molar-refractivity contribution in [3.8, 4) is 0 Å². The number of nitrogens with zero attached hydrogens (tertiary/aromatic N) is 1. The summed E-state index contributed by atoms with van der Waals surface area (Å²) in [5.74, 6) is -2.11. The van der Waals surface area contributed by atoms with Crippen LogP contribution in [0, 0.1) is 5.82 Å². The van der Waals surface area contributed by atoms with E-state index in [1.807, 2.05) is 4.90 Å². The van der Waals surface area contributed by atoms with Gasteiger partial charge in [0.05, 0.1) is 34.6 Å². The summed E-state index contributed by atoms with van der Waals surface area (Å²) in [6, 6.07) is 4.65. The Morgan fingerprint density at radius 1 is 1.30 bits per heavy atom. The predicted molar refractivity (Wildman–Crippen MR) is 77.4 cm³/mol. The van der Waals surface area contributed by atoms with E-state index < -0.39 is 33.8 Å². The van der Waals surface area contributed by atoms with E-state index in [0.29, 0.717) is 26.3 Å². The van der Waals surface area contributed by atoms with Gasteiger partial charge in [0.2, 0.25) is 0 Å². The first-order valence-corrected chi connectivity index (χ1v) is 8.61. The Hall–Kier alpha value is -1.55. The van der Waals surface area contributed by atoms with Crippen molar-refractivity contribution in [2.24, 2.45) is 0 Å². The van der Waals surface area contributed by atoms with Crippen LogP contribution in [-0.2, 0) is 19.6 Å². The largest absolute Gasteiger partial charge is 0.748 e. The van der Waals surface area contributed by atoms with Crippen LogP contribution in [-0.4, -0.2) is 68.5 Å². The summed E-state index contributed by atoms with van der Waals surface area (Å²) >= 11 is 0. The summed E-state index contributed by atoms with van der Waals surface area (Å²) < 4.78 is 56.2. The van der Waals surface area contributed by atoms with Gasteiger partial charge in [-0.25, -0.2) is 17.6 Å². The Balaban J connectivity index is 2.03. The lowest BCUT2D eigenvalue weighted by atomic mass is 10.2. The molecule has 2 rings (SSSR count). The van der Waals surface area contributed by atoms with Crippen molar-refractivity contribution in [1.82, 2.24) is 4.90 Å². The molecule has 1 saturated heterocycles. The van der Waals surface area contributed by atoms with Gasteiger partial charge >= 0.3 is 5.97 Å². The third-order valence-corrected chi connectivity index (χ3v) is 4.09. The molecule has 1 unspecified atom stereocenters. The standard InChI is InChI=1S/C14H18FNO6S/c15-12-3-1-11(2-4-12)14(17)22-13(10-23(18,19)20)9-16-5-7-21-8-6-16/h1-4,13H,5-10H2,(H,18,19,20)/p-1. The molecule has 1 heterocycles. The van der Waals surface area contributed by atoms with Crippen molar-refractivity contribution in [2.45, 2.75) is 6.10 Å². The smallest absolute Gasteiger partial charge is 0.338 e. The summed E-state index contributed by atoms with van der Waals surface area (Å²) in [6.45, 7) is 2.22. The minimum Gasteiger partial charge on any atom is -0.748 e. The number of carbonyl (C=O) groups excluding carboxylic acids is 1. The van der Waals surface area contributed by atoms with E-state index in [0.717, 1.165) is 12.1 Å². The maximum Gasteiger partial charge on any atom is 0.338 e. The lowest BCUT2D eigenvalue weighted by Crippen LogP contribution is -2.44. The first kappa shape index (κ1) is 17.8. The molecule has 9 heteroatoms. The van der Waals surface area contributed by atoms with Crippen molar-refractivity contribution in [2.75, 3.05) is 38.6 Å². The summed E-state index contributed by atoms with van der Waals surface area (Å²) in [5.41, 5.74) is 0.0849. The SMILES string of the molecule is O=C(OC(CN1CCOCC1)CS(=O)(=O)[O-])c1ccc(F)cc1. The van der Waals surface area contributed by atoms with Crippen LogP contribution >= 0.6 is 0 Å². The highest BCUT2D eigenvalue weighted by Crippen LogP contribution is 2.10. The van der Waals surface area contributed by atoms with Crippen molar-refractivity contribution in [3.63, 3.8) is 0 Å². The van der Waals surface area contributed by atoms with Crippen molar-refractivity contribution >= 4 is 16.1 Å². The number of halogens is 1. The highest BCUT2D eigenvalue weighted by atomic mass is 32.2. The molecule has 1 aromatic rings. The maximum absolute atomic E-state index is 12.9. The minimum absolute atomic E-state index is 0.0849. The Labute approximate surface area is 133 Å². The molecule has 7 nitrogen and oxygen atoms in total. The molecule has 1 aromatic carbocycles. The Bertz CT molecular complexity index is 627. The van der Waals surface area contributed by atoms with Crippen LogP contribution in [0.15, 0.2) is 24.3 Å². The van der Waals surface area contributed by atoms with Gasteiger partial charge in [0.15, 0.2) is 0 Å². The molecule has 0 aromatic heterocycles. The molecule has 0 spiro atoms. The lowest BCUT2D eigenvalue weighted by Gasteiger charge is -2.30. The van der Waals surface area contributed by atoms with E-state index in [9.17, 15) is 22.2 Å². The topological polar surface area (TPSA) is 96.0 Å². The second-order valence-electron chi connectivity index (χ2n) is 5.17. The number of hydrogen-bond donors (Lipinski definition) is 0. The van der Waals surface area contributed by atoms with E-state index in [2.05, 4.69) is 0 Å². The highest BCUT2D eigenvalue weighted by molar-refractivity contribution is 7.85. The van der Waals surface area contributed by atoms with E-state index in [-0.39, 0.29) is 12.1 Å². The minimum atomic E-state index is -4.55. The van der Waals surface area contributed by atoms with Crippen LogP contribution in [0.2, 0.25) is 0 Å². The zero-order valence-electron chi connectivity index (χ0n) is 12.3. The monoisotopic (exact) mass is 346 g/mol. The predicted octanol–water partition coefficient (Wildman–Crippen LogP) is 0.229. The molecule has 1 atom stereocenters. The number of morpholine rings is 1. The van der Waals surface area contributed by atoms with Gasteiger partial charge in [-0.3, -0.25) is 4.90 Å². The molecule has 1 fully saturated rings. The first-order valence-electron chi connectivity index (χ1n) is 7.04. The van der Waals surface area contributed by atoms with E-state index in [1.54, 1.807) is 0 Å². The van der Waals surface area contributed by atoms with E-state index >= 15 is 0 Å². The van der Waals surface area contributed by atoms with Crippen LogP contribution < -0.4 is 0 Å². The summed E-state index contributed by atoms with van der Waals surface area (Å²) in [7, 11) is -4.55. The maximum atomic E-state index is 12.9. The average Bonchev–Trinajstić information content (AvgIpc) is 2.47. The molecule has 1 aliphatic heterocycles. The Morgan fingerprint density at radius 3 is 2.48 bits per heavy atom. The molecule has 0 radical (unpaired) electrons. The van der Waals surface area contributed by atoms with Crippen LogP contribution in [0.25, 0.3) is 0 Å². The lowest BCUT2D eigenvalue weighted by molar-refractivity contribution is 0.000929. The number of carbonyl (C=O) groups is 1. The van der Waals surface area contributed by atoms with Crippen molar-refractivity contribution in [3.05, 3.63) is 35.6 Å². The van der Waals surface area contributed by atoms with Gasteiger partial charge < -0.3 is 14.0 Å². The van der Waals surface area contributed by atoms with Crippen molar-refractivity contribution in [1.29, 1.82) is 0 Å². The fourth-order valence-electron chi connectivity index (χ4n) is 2.23. The number of esters is 1. The molecule has 0 amide bonds. The normalized spacial score (nSPS) is 17.7. The van der Waals surface area contributed by atoms with Gasteiger partial charge in [0, 0.05) is 19.6 Å². The van der Waals surface area contributed by atoms with Crippen molar-refractivity contribution < 1.29 is 31.6 Å². The molecule has 0 saturated carbocycles. The Kier molecular flexibility index (Phi) is 6.05. The fraction of sp³-hybridized carbons (Fsp3) is 0.500. The molecular formula is C14H17FNO6S-. The number of benzene rings is 1. The van der Waals surface area contributed by atoms with Crippen LogP contribution in [0.1, 0.15) is 10.4 Å². The van der Waals surface area contributed by atoms with Gasteiger partial charge in [0.1, 0.15) is 11.9 Å². The molecule has 0 bridgehead atoms. The van der Waals surface area contributed by atoms with E-state index in [1.165, 1.54) is 12.1 Å². The van der Waals surface area contributed by atoms with Gasteiger partial charge in [0.25, 0.3) is 0 Å². The molecule has 0 N–H and O–H groups in total. The Morgan fingerprint density at radius 2 is 1.91 bits per heavy atom. The summed E-state index contributed by atoms with van der Waals surface area (Å²) in [5, 5.41) is 0. The van der Waals surface area contributed by atoms with E-state index in [4.69, 9.17) is 9.47 Å². The number of rotatable bonds is 6. The van der Waals surface area contributed by atoms with Gasteiger partial charge in [-0.1, -0.05) is 0 Å². The average molecular weight is 346 g/mol. The summed E-state index contributed by atoms with van der Waals surface area (Å²) in [4.78, 5) is 13.9. The quantitative estimate of drug-likeness (QED) is 0.537. The van der Waals surface area contributed by atoms with Gasteiger partial charge in [-0.15, -0.1) is 0 Å². The second-order valence-corrected chi connectivity index (χ2v) is 6.62. The van der Waals surface area contributed by atoms with Crippen LogP contribution in [0.4, 0.5) is 4.39 Å².